The maximum Gasteiger partial charge on any atom is 0.141 e. The summed E-state index contributed by atoms with van der Waals surface area (Å²) in [6, 6.07) is 8.51. The predicted octanol–water partition coefficient (Wildman–Crippen LogP) is 3.41. The number of hydrogen-bond acceptors (Lipinski definition) is 1. The highest BCUT2D eigenvalue weighted by molar-refractivity contribution is 5.86. The van der Waals surface area contributed by atoms with Crippen LogP contribution in [0.15, 0.2) is 24.3 Å². The van der Waals surface area contributed by atoms with E-state index < -0.39 is 0 Å². The zero-order valence-corrected chi connectivity index (χ0v) is 10.4. The van der Waals surface area contributed by atoms with Crippen molar-refractivity contribution in [3.05, 3.63) is 35.4 Å². The molecule has 1 heteroatoms. The topological polar surface area (TPSA) is 17.1 Å². The first kappa shape index (κ1) is 11.4. The molecule has 1 aromatic carbocycles. The molecule has 86 valence electrons. The fraction of sp³-hybridized carbons (Fsp3) is 0.533. The monoisotopic (exact) mass is 216 g/mol. The second kappa shape index (κ2) is 4.04. The van der Waals surface area contributed by atoms with Crippen molar-refractivity contribution in [3.8, 4) is 0 Å². The molecule has 1 nitrogen and oxygen atoms in total. The number of Topliss-reactive ketones (excluding diaryl/α,β-unsaturated/α-hetero) is 1. The van der Waals surface area contributed by atoms with Crippen molar-refractivity contribution in [3.63, 3.8) is 0 Å². The van der Waals surface area contributed by atoms with Crippen LogP contribution in [0.5, 0.6) is 0 Å². The Morgan fingerprint density at radius 2 is 1.81 bits per heavy atom. The van der Waals surface area contributed by atoms with E-state index in [1.54, 1.807) is 0 Å². The fourth-order valence-corrected chi connectivity index (χ4v) is 2.53. The van der Waals surface area contributed by atoms with E-state index >= 15 is 0 Å². The van der Waals surface area contributed by atoms with Gasteiger partial charge in [-0.05, 0) is 30.4 Å². The fourth-order valence-electron chi connectivity index (χ4n) is 2.53. The molecule has 0 aromatic heterocycles. The van der Waals surface area contributed by atoms with Crippen LogP contribution in [-0.4, -0.2) is 5.78 Å². The molecule has 0 spiro atoms. The average molecular weight is 216 g/mol. The Labute approximate surface area is 97.9 Å². The van der Waals surface area contributed by atoms with Crippen LogP contribution in [0, 0.1) is 11.3 Å². The minimum absolute atomic E-state index is 0.197. The van der Waals surface area contributed by atoms with Gasteiger partial charge in [-0.15, -0.1) is 0 Å². The zero-order valence-electron chi connectivity index (χ0n) is 10.4. The lowest BCUT2D eigenvalue weighted by Gasteiger charge is -2.28. The van der Waals surface area contributed by atoms with Crippen LogP contribution in [0.1, 0.15) is 38.3 Å². The smallest absolute Gasteiger partial charge is 0.141 e. The number of aryl methyl sites for hydroxylation is 1. The molecule has 1 aliphatic rings. The van der Waals surface area contributed by atoms with Gasteiger partial charge in [-0.25, -0.2) is 0 Å². The first-order valence-corrected chi connectivity index (χ1v) is 6.09. The van der Waals surface area contributed by atoms with Gasteiger partial charge in [-0.1, -0.05) is 45.0 Å². The second-order valence-corrected chi connectivity index (χ2v) is 5.82. The van der Waals surface area contributed by atoms with Gasteiger partial charge in [0.05, 0.1) is 0 Å². The maximum atomic E-state index is 12.2. The number of fused-ring (bicyclic) bond motifs is 1. The molecular weight excluding hydrogens is 196 g/mol. The molecule has 0 N–H and O–H groups in total. The molecule has 1 aliphatic carbocycles. The molecular formula is C15H20O. The second-order valence-electron chi connectivity index (χ2n) is 5.82. The molecule has 0 saturated heterocycles. The predicted molar refractivity (Wildman–Crippen MR) is 66.4 cm³/mol. The van der Waals surface area contributed by atoms with Crippen LogP contribution in [-0.2, 0) is 17.6 Å². The van der Waals surface area contributed by atoms with Gasteiger partial charge < -0.3 is 0 Å². The van der Waals surface area contributed by atoms with Crippen LogP contribution in [0.3, 0.4) is 0 Å². The lowest BCUT2D eigenvalue weighted by Crippen LogP contribution is -2.32. The summed E-state index contributed by atoms with van der Waals surface area (Å²) in [5, 5.41) is 0. The van der Waals surface area contributed by atoms with E-state index in [0.29, 0.717) is 5.78 Å². The zero-order chi connectivity index (χ0) is 11.8. The summed E-state index contributed by atoms with van der Waals surface area (Å²) < 4.78 is 0. The minimum atomic E-state index is -0.197. The van der Waals surface area contributed by atoms with Crippen LogP contribution in [0.2, 0.25) is 0 Å². The van der Waals surface area contributed by atoms with Gasteiger partial charge >= 0.3 is 0 Å². The molecule has 0 aliphatic heterocycles. The third-order valence-electron chi connectivity index (χ3n) is 3.46. The molecule has 0 saturated carbocycles. The van der Waals surface area contributed by atoms with Crippen LogP contribution in [0.25, 0.3) is 0 Å². The quantitative estimate of drug-likeness (QED) is 0.703. The Morgan fingerprint density at radius 3 is 2.44 bits per heavy atom. The Balaban J connectivity index is 2.17. The van der Waals surface area contributed by atoms with Crippen LogP contribution < -0.4 is 0 Å². The number of benzene rings is 1. The minimum Gasteiger partial charge on any atom is -0.299 e. The number of carbonyl (C=O) groups is 1. The molecule has 0 bridgehead atoms. The Morgan fingerprint density at radius 1 is 1.19 bits per heavy atom. The molecule has 0 fully saturated rings. The standard InChI is InChI=1S/C15H20O/c1-15(2,3)14(16)13-9-8-11-6-4-5-7-12(11)10-13/h4-7,13H,8-10H2,1-3H3. The third-order valence-corrected chi connectivity index (χ3v) is 3.46. The summed E-state index contributed by atoms with van der Waals surface area (Å²) >= 11 is 0. The largest absolute Gasteiger partial charge is 0.299 e. The molecule has 1 atom stereocenters. The molecule has 0 heterocycles. The molecule has 0 amide bonds. The molecule has 16 heavy (non-hydrogen) atoms. The normalized spacial score (nSPS) is 20.3. The van der Waals surface area contributed by atoms with E-state index in [2.05, 4.69) is 24.3 Å². The number of carbonyl (C=O) groups excluding carboxylic acids is 1. The highest BCUT2D eigenvalue weighted by Gasteiger charge is 2.31. The Kier molecular flexibility index (Phi) is 2.88. The summed E-state index contributed by atoms with van der Waals surface area (Å²) in [5.41, 5.74) is 2.61. The summed E-state index contributed by atoms with van der Waals surface area (Å²) in [7, 11) is 0. The van der Waals surface area contributed by atoms with Crippen molar-refractivity contribution in [2.24, 2.45) is 11.3 Å². The molecule has 1 unspecified atom stereocenters. The summed E-state index contributed by atoms with van der Waals surface area (Å²) in [4.78, 5) is 12.2. The Bertz CT molecular complexity index is 398. The SMILES string of the molecule is CC(C)(C)C(=O)C1CCc2ccccc2C1. The van der Waals surface area contributed by atoms with Crippen molar-refractivity contribution >= 4 is 5.78 Å². The van der Waals surface area contributed by atoms with Crippen molar-refractivity contribution < 1.29 is 4.79 Å². The van der Waals surface area contributed by atoms with Crippen molar-refractivity contribution in [1.82, 2.24) is 0 Å². The highest BCUT2D eigenvalue weighted by atomic mass is 16.1. The Hall–Kier alpha value is -1.11. The van der Waals surface area contributed by atoms with Crippen LogP contribution in [0.4, 0.5) is 0 Å². The van der Waals surface area contributed by atoms with Crippen molar-refractivity contribution in [2.45, 2.75) is 40.0 Å². The van der Waals surface area contributed by atoms with Gasteiger partial charge in [0.1, 0.15) is 5.78 Å². The molecule has 2 rings (SSSR count). The lowest BCUT2D eigenvalue weighted by molar-refractivity contribution is -0.130. The molecule has 0 radical (unpaired) electrons. The maximum absolute atomic E-state index is 12.2. The number of ketones is 1. The first-order chi connectivity index (χ1) is 7.48. The van der Waals surface area contributed by atoms with Crippen molar-refractivity contribution in [2.75, 3.05) is 0 Å². The van der Waals surface area contributed by atoms with E-state index in [4.69, 9.17) is 0 Å². The van der Waals surface area contributed by atoms with Gasteiger partial charge in [0.2, 0.25) is 0 Å². The number of hydrogen-bond donors (Lipinski definition) is 0. The van der Waals surface area contributed by atoms with E-state index in [1.165, 1.54) is 11.1 Å². The first-order valence-electron chi connectivity index (χ1n) is 6.09. The summed E-state index contributed by atoms with van der Waals surface area (Å²) in [6.45, 7) is 6.07. The number of rotatable bonds is 1. The van der Waals surface area contributed by atoms with Gasteiger partial charge in [0.25, 0.3) is 0 Å². The lowest BCUT2D eigenvalue weighted by atomic mass is 9.74. The summed E-state index contributed by atoms with van der Waals surface area (Å²) in [6.07, 6.45) is 3.02. The van der Waals surface area contributed by atoms with Gasteiger partial charge in [-0.2, -0.15) is 0 Å². The van der Waals surface area contributed by atoms with Gasteiger partial charge in [0.15, 0.2) is 0 Å². The highest BCUT2D eigenvalue weighted by Crippen LogP contribution is 2.31. The van der Waals surface area contributed by atoms with Crippen molar-refractivity contribution in [1.29, 1.82) is 0 Å². The van der Waals surface area contributed by atoms with Gasteiger partial charge in [-0.3, -0.25) is 4.79 Å². The average Bonchev–Trinajstić information content (AvgIpc) is 2.26. The molecule has 1 aromatic rings. The third kappa shape index (κ3) is 2.18. The van der Waals surface area contributed by atoms with E-state index in [1.807, 2.05) is 20.8 Å². The van der Waals surface area contributed by atoms with E-state index in [0.717, 1.165) is 19.3 Å². The van der Waals surface area contributed by atoms with E-state index in [9.17, 15) is 4.79 Å². The van der Waals surface area contributed by atoms with Gasteiger partial charge in [0, 0.05) is 11.3 Å². The van der Waals surface area contributed by atoms with Crippen LogP contribution >= 0.6 is 0 Å². The summed E-state index contributed by atoms with van der Waals surface area (Å²) in [5.74, 6) is 0.650. The van der Waals surface area contributed by atoms with E-state index in [-0.39, 0.29) is 11.3 Å².